The van der Waals surface area contributed by atoms with Gasteiger partial charge in [-0.25, -0.2) is 0 Å². The summed E-state index contributed by atoms with van der Waals surface area (Å²) in [4.78, 5) is 14.1. The molecule has 0 aliphatic carbocycles. The number of amides is 1. The van der Waals surface area contributed by atoms with Crippen molar-refractivity contribution in [1.29, 1.82) is 0 Å². The highest BCUT2D eigenvalue weighted by molar-refractivity contribution is 5.94. The van der Waals surface area contributed by atoms with E-state index in [1.807, 2.05) is 4.90 Å². The van der Waals surface area contributed by atoms with Crippen LogP contribution in [0.25, 0.3) is 0 Å². The van der Waals surface area contributed by atoms with Gasteiger partial charge >= 0.3 is 6.18 Å². The molecule has 22 heavy (non-hydrogen) atoms. The Balaban J connectivity index is 2.08. The van der Waals surface area contributed by atoms with E-state index in [4.69, 9.17) is 10.5 Å². The average molecular weight is 317 g/mol. The Morgan fingerprint density at radius 1 is 1.36 bits per heavy atom. The van der Waals surface area contributed by atoms with Gasteiger partial charge in [0, 0.05) is 24.5 Å². The number of rotatable bonds is 3. The van der Waals surface area contributed by atoms with Crippen LogP contribution in [0.1, 0.15) is 12.5 Å². The van der Waals surface area contributed by atoms with E-state index >= 15 is 0 Å². The van der Waals surface area contributed by atoms with Crippen molar-refractivity contribution in [2.45, 2.75) is 19.1 Å². The molecule has 122 valence electrons. The summed E-state index contributed by atoms with van der Waals surface area (Å²) in [6.07, 6.45) is -4.55. The van der Waals surface area contributed by atoms with E-state index in [1.165, 1.54) is 6.07 Å². The van der Waals surface area contributed by atoms with Crippen molar-refractivity contribution >= 4 is 17.3 Å². The lowest BCUT2D eigenvalue weighted by atomic mass is 10.1. The van der Waals surface area contributed by atoms with Crippen molar-refractivity contribution < 1.29 is 22.7 Å². The third-order valence-electron chi connectivity index (χ3n) is 3.60. The minimum atomic E-state index is -4.55. The highest BCUT2D eigenvalue weighted by Crippen LogP contribution is 2.35. The molecule has 3 N–H and O–H groups in total. The predicted octanol–water partition coefficient (Wildman–Crippen LogP) is 1.95. The summed E-state index contributed by atoms with van der Waals surface area (Å²) in [6.45, 7) is 4.02. The van der Waals surface area contributed by atoms with Gasteiger partial charge in [-0.1, -0.05) is 0 Å². The predicted molar refractivity (Wildman–Crippen MR) is 76.3 cm³/mol. The molecular weight excluding hydrogens is 299 g/mol. The van der Waals surface area contributed by atoms with E-state index < -0.39 is 17.8 Å². The molecule has 0 spiro atoms. The van der Waals surface area contributed by atoms with Crippen molar-refractivity contribution in [2.75, 3.05) is 37.4 Å². The Morgan fingerprint density at radius 3 is 2.59 bits per heavy atom. The average Bonchev–Trinajstić information content (AvgIpc) is 2.48. The number of morpholine rings is 1. The summed E-state index contributed by atoms with van der Waals surface area (Å²) in [5.74, 6) is -0.361. The first-order valence-electron chi connectivity index (χ1n) is 6.88. The lowest BCUT2D eigenvalue weighted by Gasteiger charge is -2.31. The van der Waals surface area contributed by atoms with Gasteiger partial charge in [-0.05, 0) is 25.1 Å². The second-order valence-corrected chi connectivity index (χ2v) is 5.11. The lowest BCUT2D eigenvalue weighted by molar-refractivity contribution is -0.137. The number of halogens is 3. The highest BCUT2D eigenvalue weighted by atomic mass is 19.4. The van der Waals surface area contributed by atoms with E-state index in [9.17, 15) is 18.0 Å². The number of carbonyl (C=O) groups excluding carboxylic acids is 1. The molecule has 2 rings (SSSR count). The van der Waals surface area contributed by atoms with Crippen LogP contribution in [0.3, 0.4) is 0 Å². The maximum atomic E-state index is 12.8. The number of nitrogens with one attached hydrogen (secondary N) is 1. The third kappa shape index (κ3) is 3.89. The Hall–Kier alpha value is -1.80. The van der Waals surface area contributed by atoms with Crippen molar-refractivity contribution in [3.63, 3.8) is 0 Å². The van der Waals surface area contributed by atoms with E-state index in [1.54, 1.807) is 6.92 Å². The third-order valence-corrected chi connectivity index (χ3v) is 3.60. The van der Waals surface area contributed by atoms with Crippen LogP contribution in [-0.2, 0) is 15.7 Å². The Labute approximate surface area is 126 Å². The molecule has 8 heteroatoms. The number of nitrogens with two attached hydrogens (primary N) is 1. The van der Waals surface area contributed by atoms with Crippen LogP contribution in [0, 0.1) is 0 Å². The minimum Gasteiger partial charge on any atom is -0.398 e. The molecule has 5 nitrogen and oxygen atoms in total. The number of nitrogen functional groups attached to an aromatic ring is 1. The number of carbonyl (C=O) groups is 1. The molecule has 0 bridgehead atoms. The smallest absolute Gasteiger partial charge is 0.398 e. The summed E-state index contributed by atoms with van der Waals surface area (Å²) in [6, 6.07) is 2.89. The molecule has 1 atom stereocenters. The fourth-order valence-corrected chi connectivity index (χ4v) is 2.26. The first-order chi connectivity index (χ1) is 10.3. The van der Waals surface area contributed by atoms with Crippen LogP contribution in [0.15, 0.2) is 18.2 Å². The molecule has 1 aromatic carbocycles. The molecular formula is C14H18F3N3O2. The van der Waals surface area contributed by atoms with Crippen LogP contribution in [0.2, 0.25) is 0 Å². The standard InChI is InChI=1S/C14H18F3N3O2/c1-9(20-4-6-22-7-5-20)13(21)19-10-2-3-12(18)11(8-10)14(15,16)17/h2-3,8-9H,4-7,18H2,1H3,(H,19,21). The van der Waals surface area contributed by atoms with Gasteiger partial charge in [0.1, 0.15) is 0 Å². The van der Waals surface area contributed by atoms with E-state index in [0.29, 0.717) is 26.3 Å². The van der Waals surface area contributed by atoms with Gasteiger partial charge < -0.3 is 15.8 Å². The van der Waals surface area contributed by atoms with Gasteiger partial charge in [0.15, 0.2) is 0 Å². The fourth-order valence-electron chi connectivity index (χ4n) is 2.26. The lowest BCUT2D eigenvalue weighted by Crippen LogP contribution is -2.47. The number of alkyl halides is 3. The molecule has 0 radical (unpaired) electrons. The first-order valence-corrected chi connectivity index (χ1v) is 6.88. The van der Waals surface area contributed by atoms with Crippen LogP contribution in [0.4, 0.5) is 24.5 Å². The van der Waals surface area contributed by atoms with Crippen molar-refractivity contribution in [3.05, 3.63) is 23.8 Å². The Bertz CT molecular complexity index is 543. The first kappa shape index (κ1) is 16.6. The molecule has 1 saturated heterocycles. The zero-order chi connectivity index (χ0) is 16.3. The van der Waals surface area contributed by atoms with Crippen LogP contribution >= 0.6 is 0 Å². The summed E-state index contributed by atoms with van der Waals surface area (Å²) < 4.78 is 43.6. The molecule has 0 aromatic heterocycles. The SMILES string of the molecule is CC(C(=O)Nc1ccc(N)c(C(F)(F)F)c1)N1CCOCC1. The normalized spacial score (nSPS) is 18.0. The molecule has 1 aliphatic heterocycles. The number of nitrogens with zero attached hydrogens (tertiary/aromatic N) is 1. The summed E-state index contributed by atoms with van der Waals surface area (Å²) >= 11 is 0. The molecule has 0 saturated carbocycles. The molecule has 1 amide bonds. The van der Waals surface area contributed by atoms with Crippen molar-refractivity contribution in [2.24, 2.45) is 0 Å². The van der Waals surface area contributed by atoms with E-state index in [2.05, 4.69) is 5.32 Å². The molecule has 1 aliphatic rings. The number of benzene rings is 1. The molecule has 1 unspecified atom stereocenters. The van der Waals surface area contributed by atoms with Crippen LogP contribution in [0.5, 0.6) is 0 Å². The topological polar surface area (TPSA) is 67.6 Å². The van der Waals surface area contributed by atoms with Crippen LogP contribution in [-0.4, -0.2) is 43.2 Å². The number of ether oxygens (including phenoxy) is 1. The molecule has 1 aromatic rings. The fraction of sp³-hybridized carbons (Fsp3) is 0.500. The Kier molecular flexibility index (Phi) is 4.92. The van der Waals surface area contributed by atoms with Gasteiger partial charge in [-0.2, -0.15) is 13.2 Å². The van der Waals surface area contributed by atoms with E-state index in [-0.39, 0.29) is 17.3 Å². The number of anilines is 2. The van der Waals surface area contributed by atoms with E-state index in [0.717, 1.165) is 12.1 Å². The zero-order valence-corrected chi connectivity index (χ0v) is 12.1. The zero-order valence-electron chi connectivity index (χ0n) is 12.1. The Morgan fingerprint density at radius 2 is 2.00 bits per heavy atom. The summed E-state index contributed by atoms with van der Waals surface area (Å²) in [7, 11) is 0. The second-order valence-electron chi connectivity index (χ2n) is 5.11. The highest BCUT2D eigenvalue weighted by Gasteiger charge is 2.33. The van der Waals surface area contributed by atoms with Gasteiger partial charge in [0.2, 0.25) is 5.91 Å². The van der Waals surface area contributed by atoms with Crippen molar-refractivity contribution in [1.82, 2.24) is 4.90 Å². The number of hydrogen-bond donors (Lipinski definition) is 2. The molecule has 1 fully saturated rings. The largest absolute Gasteiger partial charge is 0.418 e. The van der Waals surface area contributed by atoms with Gasteiger partial charge in [-0.15, -0.1) is 0 Å². The summed E-state index contributed by atoms with van der Waals surface area (Å²) in [5, 5.41) is 2.50. The maximum Gasteiger partial charge on any atom is 0.418 e. The van der Waals surface area contributed by atoms with Gasteiger partial charge in [0.25, 0.3) is 0 Å². The minimum absolute atomic E-state index is 0.0756. The summed E-state index contributed by atoms with van der Waals surface area (Å²) in [5.41, 5.74) is 4.08. The monoisotopic (exact) mass is 317 g/mol. The quantitative estimate of drug-likeness (QED) is 0.836. The van der Waals surface area contributed by atoms with Gasteiger partial charge in [0.05, 0.1) is 24.8 Å². The van der Waals surface area contributed by atoms with Gasteiger partial charge in [-0.3, -0.25) is 9.69 Å². The maximum absolute atomic E-state index is 12.8. The second kappa shape index (κ2) is 6.53. The van der Waals surface area contributed by atoms with Crippen molar-refractivity contribution in [3.8, 4) is 0 Å². The molecule has 1 heterocycles. The van der Waals surface area contributed by atoms with Crippen LogP contribution < -0.4 is 11.1 Å². The number of hydrogen-bond acceptors (Lipinski definition) is 4.